The van der Waals surface area contributed by atoms with Crippen LogP contribution < -0.4 is 5.32 Å². The van der Waals surface area contributed by atoms with Gasteiger partial charge in [0.2, 0.25) is 0 Å². The van der Waals surface area contributed by atoms with Crippen LogP contribution in [0.15, 0.2) is 17.5 Å². The molecule has 0 radical (unpaired) electrons. The molecule has 90 valence electrons. The summed E-state index contributed by atoms with van der Waals surface area (Å²) in [6.45, 7) is 4.68. The Bertz CT molecular complexity index is 287. The zero-order valence-electron chi connectivity index (χ0n) is 10.3. The number of hydrogen-bond donors (Lipinski definition) is 1. The molecule has 1 saturated heterocycles. The maximum absolute atomic E-state index is 3.67. The summed E-state index contributed by atoms with van der Waals surface area (Å²) in [5.41, 5.74) is 0. The second-order valence-corrected chi connectivity index (χ2v) is 5.89. The molecule has 0 spiro atoms. The number of hydrogen-bond acceptors (Lipinski definition) is 3. The van der Waals surface area contributed by atoms with E-state index in [0.29, 0.717) is 6.04 Å². The van der Waals surface area contributed by atoms with Crippen LogP contribution in [0.3, 0.4) is 0 Å². The van der Waals surface area contributed by atoms with Crippen LogP contribution in [0.5, 0.6) is 0 Å². The highest BCUT2D eigenvalue weighted by molar-refractivity contribution is 7.09. The predicted molar refractivity (Wildman–Crippen MR) is 71.1 cm³/mol. The van der Waals surface area contributed by atoms with E-state index in [0.717, 1.165) is 12.6 Å². The molecule has 16 heavy (non-hydrogen) atoms. The number of likely N-dealkylation sites (tertiary alicyclic amines) is 1. The molecule has 3 heteroatoms. The van der Waals surface area contributed by atoms with Crippen LogP contribution in [0.2, 0.25) is 0 Å². The Kier molecular flexibility index (Phi) is 4.38. The van der Waals surface area contributed by atoms with Crippen molar-refractivity contribution in [3.8, 4) is 0 Å². The molecule has 0 bridgehead atoms. The Morgan fingerprint density at radius 2 is 2.44 bits per heavy atom. The summed E-state index contributed by atoms with van der Waals surface area (Å²) in [5, 5.41) is 5.83. The predicted octanol–water partition coefficient (Wildman–Crippen LogP) is 2.36. The molecule has 1 aliphatic heterocycles. The van der Waals surface area contributed by atoms with Crippen LogP contribution >= 0.6 is 11.3 Å². The second kappa shape index (κ2) is 5.80. The van der Waals surface area contributed by atoms with Crippen molar-refractivity contribution in [2.75, 3.05) is 20.1 Å². The van der Waals surface area contributed by atoms with Gasteiger partial charge in [-0.05, 0) is 51.2 Å². The quantitative estimate of drug-likeness (QED) is 0.792. The van der Waals surface area contributed by atoms with E-state index in [1.165, 1.54) is 30.7 Å². The number of nitrogens with zero attached hydrogens (tertiary/aromatic N) is 1. The maximum Gasteiger partial charge on any atom is 0.0209 e. The molecule has 1 aromatic rings. The Morgan fingerprint density at radius 3 is 3.06 bits per heavy atom. The summed E-state index contributed by atoms with van der Waals surface area (Å²) >= 11 is 1.87. The van der Waals surface area contributed by atoms with Crippen LogP contribution in [-0.4, -0.2) is 37.1 Å². The molecule has 2 atom stereocenters. The average molecular weight is 238 g/mol. The van der Waals surface area contributed by atoms with E-state index in [1.807, 2.05) is 11.3 Å². The van der Waals surface area contributed by atoms with E-state index in [2.05, 4.69) is 41.7 Å². The fourth-order valence-electron chi connectivity index (χ4n) is 2.37. The molecule has 0 aliphatic carbocycles. The molecular weight excluding hydrogens is 216 g/mol. The lowest BCUT2D eigenvalue weighted by Gasteiger charge is -2.13. The number of thiophene rings is 1. The van der Waals surface area contributed by atoms with Crippen molar-refractivity contribution in [3.63, 3.8) is 0 Å². The molecule has 2 rings (SSSR count). The highest BCUT2D eigenvalue weighted by atomic mass is 32.1. The van der Waals surface area contributed by atoms with Gasteiger partial charge in [0, 0.05) is 23.5 Å². The van der Waals surface area contributed by atoms with E-state index in [1.54, 1.807) is 0 Å². The molecule has 1 N–H and O–H groups in total. The van der Waals surface area contributed by atoms with Crippen molar-refractivity contribution in [2.45, 2.75) is 38.3 Å². The minimum absolute atomic E-state index is 0.711. The van der Waals surface area contributed by atoms with E-state index < -0.39 is 0 Å². The number of nitrogens with one attached hydrogen (secondary N) is 1. The monoisotopic (exact) mass is 238 g/mol. The Hall–Kier alpha value is -0.380. The van der Waals surface area contributed by atoms with Gasteiger partial charge in [0.05, 0.1) is 0 Å². The largest absolute Gasteiger partial charge is 0.313 e. The molecule has 2 nitrogen and oxygen atoms in total. The van der Waals surface area contributed by atoms with Gasteiger partial charge in [0.15, 0.2) is 0 Å². The van der Waals surface area contributed by atoms with Crippen LogP contribution in [0.1, 0.15) is 24.6 Å². The maximum atomic E-state index is 3.67. The SMILES string of the molecule is CC1CC(NCCCc2cccs2)CN1C. The third-order valence-corrected chi connectivity index (χ3v) is 4.44. The number of rotatable bonds is 5. The molecule has 2 heterocycles. The summed E-state index contributed by atoms with van der Waals surface area (Å²) < 4.78 is 0. The standard InChI is InChI=1S/C13H22N2S/c1-11-9-12(10-15(11)2)14-7-3-5-13-6-4-8-16-13/h4,6,8,11-12,14H,3,5,7,9-10H2,1-2H3. The molecular formula is C13H22N2S. The zero-order chi connectivity index (χ0) is 11.4. The summed E-state index contributed by atoms with van der Waals surface area (Å²) in [5.74, 6) is 0. The van der Waals surface area contributed by atoms with Crippen LogP contribution in [-0.2, 0) is 6.42 Å². The van der Waals surface area contributed by atoms with Crippen molar-refractivity contribution in [2.24, 2.45) is 0 Å². The summed E-state index contributed by atoms with van der Waals surface area (Å²) in [6, 6.07) is 5.83. The molecule has 2 unspecified atom stereocenters. The van der Waals surface area contributed by atoms with Crippen LogP contribution in [0.25, 0.3) is 0 Å². The van der Waals surface area contributed by atoms with Crippen molar-refractivity contribution in [3.05, 3.63) is 22.4 Å². The van der Waals surface area contributed by atoms with E-state index in [-0.39, 0.29) is 0 Å². The van der Waals surface area contributed by atoms with Crippen LogP contribution in [0.4, 0.5) is 0 Å². The van der Waals surface area contributed by atoms with Crippen molar-refractivity contribution in [1.82, 2.24) is 10.2 Å². The third kappa shape index (κ3) is 3.30. The first-order valence-corrected chi connectivity index (χ1v) is 7.09. The van der Waals surface area contributed by atoms with Gasteiger partial charge in [-0.15, -0.1) is 11.3 Å². The highest BCUT2D eigenvalue weighted by Gasteiger charge is 2.24. The topological polar surface area (TPSA) is 15.3 Å². The molecule has 0 amide bonds. The Morgan fingerprint density at radius 1 is 1.56 bits per heavy atom. The van der Waals surface area contributed by atoms with Crippen molar-refractivity contribution in [1.29, 1.82) is 0 Å². The van der Waals surface area contributed by atoms with E-state index in [9.17, 15) is 0 Å². The molecule has 1 aromatic heterocycles. The zero-order valence-corrected chi connectivity index (χ0v) is 11.1. The van der Waals surface area contributed by atoms with Gasteiger partial charge in [0.25, 0.3) is 0 Å². The second-order valence-electron chi connectivity index (χ2n) is 4.86. The molecule has 0 saturated carbocycles. The smallest absolute Gasteiger partial charge is 0.0209 e. The third-order valence-electron chi connectivity index (χ3n) is 3.50. The van der Waals surface area contributed by atoms with Gasteiger partial charge in [-0.2, -0.15) is 0 Å². The van der Waals surface area contributed by atoms with Gasteiger partial charge in [-0.25, -0.2) is 0 Å². The van der Waals surface area contributed by atoms with Gasteiger partial charge in [-0.3, -0.25) is 0 Å². The Labute approximate surface area is 103 Å². The highest BCUT2D eigenvalue weighted by Crippen LogP contribution is 2.15. The fraction of sp³-hybridized carbons (Fsp3) is 0.692. The van der Waals surface area contributed by atoms with Gasteiger partial charge >= 0.3 is 0 Å². The summed E-state index contributed by atoms with van der Waals surface area (Å²) in [7, 11) is 2.22. The average Bonchev–Trinajstić information content (AvgIpc) is 2.85. The first kappa shape index (κ1) is 12.1. The van der Waals surface area contributed by atoms with E-state index in [4.69, 9.17) is 0 Å². The molecule has 1 aliphatic rings. The first-order valence-electron chi connectivity index (χ1n) is 6.21. The minimum Gasteiger partial charge on any atom is -0.313 e. The fourth-order valence-corrected chi connectivity index (χ4v) is 3.12. The van der Waals surface area contributed by atoms with Gasteiger partial charge in [0.1, 0.15) is 0 Å². The summed E-state index contributed by atoms with van der Waals surface area (Å²) in [6.07, 6.45) is 3.79. The first-order chi connectivity index (χ1) is 7.75. The van der Waals surface area contributed by atoms with E-state index >= 15 is 0 Å². The number of aryl methyl sites for hydroxylation is 1. The van der Waals surface area contributed by atoms with Crippen LogP contribution in [0, 0.1) is 0 Å². The lowest BCUT2D eigenvalue weighted by molar-refractivity contribution is 0.326. The normalized spacial score (nSPS) is 26.4. The van der Waals surface area contributed by atoms with Crippen molar-refractivity contribution >= 4 is 11.3 Å². The lowest BCUT2D eigenvalue weighted by Crippen LogP contribution is -2.32. The Balaban J connectivity index is 1.59. The van der Waals surface area contributed by atoms with Crippen molar-refractivity contribution < 1.29 is 0 Å². The number of likely N-dealkylation sites (N-methyl/N-ethyl adjacent to an activating group) is 1. The van der Waals surface area contributed by atoms with Gasteiger partial charge in [-0.1, -0.05) is 6.07 Å². The molecule has 1 fully saturated rings. The summed E-state index contributed by atoms with van der Waals surface area (Å²) in [4.78, 5) is 3.95. The minimum atomic E-state index is 0.711. The van der Waals surface area contributed by atoms with Gasteiger partial charge < -0.3 is 10.2 Å². The molecule has 0 aromatic carbocycles. The lowest BCUT2D eigenvalue weighted by atomic mass is 10.2.